The Morgan fingerprint density at radius 2 is 2.06 bits per heavy atom. The summed E-state index contributed by atoms with van der Waals surface area (Å²) in [6, 6.07) is 5.44. The lowest BCUT2D eigenvalue weighted by Crippen LogP contribution is -2.24. The van der Waals surface area contributed by atoms with Crippen molar-refractivity contribution in [2.24, 2.45) is 0 Å². The second-order valence-corrected chi connectivity index (χ2v) is 5.23. The number of halogens is 2. The third kappa shape index (κ3) is 5.71. The molecule has 0 aliphatic carbocycles. The van der Waals surface area contributed by atoms with E-state index in [1.54, 1.807) is 18.2 Å². The minimum Gasteiger partial charge on any atom is -0.325 e. The molecule has 0 heterocycles. The van der Waals surface area contributed by atoms with E-state index >= 15 is 0 Å². The van der Waals surface area contributed by atoms with E-state index in [2.05, 4.69) is 24.5 Å². The van der Waals surface area contributed by atoms with Crippen molar-refractivity contribution < 1.29 is 4.79 Å². The molecule has 100 valence electrons. The van der Waals surface area contributed by atoms with E-state index in [0.29, 0.717) is 28.2 Å². The standard InChI is InChI=1S/C13H18Cl2N2O/c1-9(2)16-7-3-4-13(18)17-12-8-10(14)5-6-11(12)15/h5-6,8-9,16H,3-4,7H2,1-2H3,(H,17,18). The summed E-state index contributed by atoms with van der Waals surface area (Å²) in [7, 11) is 0. The Hall–Kier alpha value is -0.770. The first-order valence-electron chi connectivity index (χ1n) is 5.97. The van der Waals surface area contributed by atoms with Gasteiger partial charge in [0.1, 0.15) is 0 Å². The van der Waals surface area contributed by atoms with E-state index in [4.69, 9.17) is 23.2 Å². The molecule has 0 unspecified atom stereocenters. The quantitative estimate of drug-likeness (QED) is 0.784. The van der Waals surface area contributed by atoms with Gasteiger partial charge in [-0.05, 0) is 31.2 Å². The molecule has 2 N–H and O–H groups in total. The zero-order valence-corrected chi connectivity index (χ0v) is 12.1. The highest BCUT2D eigenvalue weighted by Crippen LogP contribution is 2.25. The van der Waals surface area contributed by atoms with Crippen molar-refractivity contribution in [2.75, 3.05) is 11.9 Å². The number of benzene rings is 1. The third-order valence-corrected chi connectivity index (χ3v) is 2.90. The van der Waals surface area contributed by atoms with Gasteiger partial charge in [0.05, 0.1) is 10.7 Å². The van der Waals surface area contributed by atoms with Gasteiger partial charge in [0, 0.05) is 17.5 Å². The molecule has 5 heteroatoms. The predicted molar refractivity (Wildman–Crippen MR) is 77.5 cm³/mol. The minimum absolute atomic E-state index is 0.0512. The predicted octanol–water partition coefficient (Wildman–Crippen LogP) is 3.71. The zero-order valence-electron chi connectivity index (χ0n) is 10.6. The van der Waals surface area contributed by atoms with Crippen LogP contribution in [0.1, 0.15) is 26.7 Å². The fourth-order valence-electron chi connectivity index (χ4n) is 1.45. The van der Waals surface area contributed by atoms with Gasteiger partial charge in [0.25, 0.3) is 0 Å². The molecule has 1 aromatic carbocycles. The number of rotatable bonds is 6. The summed E-state index contributed by atoms with van der Waals surface area (Å²) < 4.78 is 0. The SMILES string of the molecule is CC(C)NCCCC(=O)Nc1cc(Cl)ccc1Cl. The van der Waals surface area contributed by atoms with Gasteiger partial charge in [-0.25, -0.2) is 0 Å². The van der Waals surface area contributed by atoms with E-state index in [1.807, 2.05) is 0 Å². The number of amides is 1. The summed E-state index contributed by atoms with van der Waals surface area (Å²) in [6.45, 7) is 4.98. The smallest absolute Gasteiger partial charge is 0.224 e. The van der Waals surface area contributed by atoms with Crippen LogP contribution in [0.4, 0.5) is 5.69 Å². The highest BCUT2D eigenvalue weighted by molar-refractivity contribution is 6.35. The van der Waals surface area contributed by atoms with Crippen LogP contribution in [0.2, 0.25) is 10.0 Å². The van der Waals surface area contributed by atoms with Crippen LogP contribution in [0.15, 0.2) is 18.2 Å². The summed E-state index contributed by atoms with van der Waals surface area (Å²) in [5.41, 5.74) is 0.561. The molecule has 0 aliphatic heterocycles. The molecule has 0 saturated heterocycles. The normalized spacial score (nSPS) is 10.7. The number of carbonyl (C=O) groups excluding carboxylic acids is 1. The largest absolute Gasteiger partial charge is 0.325 e. The fraction of sp³-hybridized carbons (Fsp3) is 0.462. The number of carbonyl (C=O) groups is 1. The summed E-state index contributed by atoms with van der Waals surface area (Å²) in [5.74, 6) is -0.0512. The van der Waals surface area contributed by atoms with Gasteiger partial charge in [-0.2, -0.15) is 0 Å². The zero-order chi connectivity index (χ0) is 13.5. The minimum atomic E-state index is -0.0512. The lowest BCUT2D eigenvalue weighted by atomic mass is 10.2. The number of hydrogen-bond acceptors (Lipinski definition) is 2. The first-order chi connectivity index (χ1) is 8.49. The van der Waals surface area contributed by atoms with Gasteiger partial charge >= 0.3 is 0 Å². The van der Waals surface area contributed by atoms with E-state index in [-0.39, 0.29) is 5.91 Å². The number of anilines is 1. The molecule has 1 rings (SSSR count). The average Bonchev–Trinajstić information content (AvgIpc) is 2.29. The highest BCUT2D eigenvalue weighted by Gasteiger charge is 2.06. The van der Waals surface area contributed by atoms with Crippen LogP contribution in [0.25, 0.3) is 0 Å². The van der Waals surface area contributed by atoms with Crippen molar-refractivity contribution in [1.82, 2.24) is 5.32 Å². The number of nitrogens with one attached hydrogen (secondary N) is 2. The van der Waals surface area contributed by atoms with Crippen molar-refractivity contribution >= 4 is 34.8 Å². The van der Waals surface area contributed by atoms with Crippen LogP contribution >= 0.6 is 23.2 Å². The average molecular weight is 289 g/mol. The lowest BCUT2D eigenvalue weighted by molar-refractivity contribution is -0.116. The van der Waals surface area contributed by atoms with Gasteiger partial charge in [-0.1, -0.05) is 37.0 Å². The fourth-order valence-corrected chi connectivity index (χ4v) is 1.78. The van der Waals surface area contributed by atoms with Crippen LogP contribution < -0.4 is 10.6 Å². The second kappa shape index (κ2) is 7.62. The van der Waals surface area contributed by atoms with Crippen LogP contribution in [0.3, 0.4) is 0 Å². The molecule has 3 nitrogen and oxygen atoms in total. The Morgan fingerprint density at radius 1 is 1.33 bits per heavy atom. The molecule has 18 heavy (non-hydrogen) atoms. The van der Waals surface area contributed by atoms with E-state index < -0.39 is 0 Å². The third-order valence-electron chi connectivity index (χ3n) is 2.34. The van der Waals surface area contributed by atoms with E-state index in [0.717, 1.165) is 13.0 Å². The Morgan fingerprint density at radius 3 is 2.72 bits per heavy atom. The molecule has 0 aromatic heterocycles. The highest BCUT2D eigenvalue weighted by atomic mass is 35.5. The Kier molecular flexibility index (Phi) is 6.47. The summed E-state index contributed by atoms with van der Waals surface area (Å²) in [6.07, 6.45) is 1.25. The van der Waals surface area contributed by atoms with Crippen LogP contribution in [0.5, 0.6) is 0 Å². The Labute approximate surface area is 118 Å². The number of hydrogen-bond donors (Lipinski definition) is 2. The van der Waals surface area contributed by atoms with Gasteiger partial charge in [-0.3, -0.25) is 4.79 Å². The maximum atomic E-state index is 11.7. The maximum absolute atomic E-state index is 11.7. The van der Waals surface area contributed by atoms with Crippen LogP contribution in [-0.4, -0.2) is 18.5 Å². The maximum Gasteiger partial charge on any atom is 0.224 e. The molecule has 0 aliphatic rings. The van der Waals surface area contributed by atoms with Gasteiger partial charge in [-0.15, -0.1) is 0 Å². The van der Waals surface area contributed by atoms with Crippen LogP contribution in [0, 0.1) is 0 Å². The van der Waals surface area contributed by atoms with Crippen molar-refractivity contribution in [1.29, 1.82) is 0 Å². The molecular weight excluding hydrogens is 271 g/mol. The molecule has 0 atom stereocenters. The molecule has 0 saturated carbocycles. The van der Waals surface area contributed by atoms with Gasteiger partial charge in [0.2, 0.25) is 5.91 Å². The van der Waals surface area contributed by atoms with Gasteiger partial charge in [0.15, 0.2) is 0 Å². The van der Waals surface area contributed by atoms with Gasteiger partial charge < -0.3 is 10.6 Å². The molecule has 1 aromatic rings. The van der Waals surface area contributed by atoms with Crippen molar-refractivity contribution in [3.8, 4) is 0 Å². The summed E-state index contributed by atoms with van der Waals surface area (Å²) >= 11 is 11.8. The van der Waals surface area contributed by atoms with E-state index in [9.17, 15) is 4.79 Å². The Balaban J connectivity index is 2.38. The van der Waals surface area contributed by atoms with Crippen LogP contribution in [-0.2, 0) is 4.79 Å². The second-order valence-electron chi connectivity index (χ2n) is 4.38. The lowest BCUT2D eigenvalue weighted by Gasteiger charge is -2.09. The van der Waals surface area contributed by atoms with Crippen molar-refractivity contribution in [3.63, 3.8) is 0 Å². The molecular formula is C13H18Cl2N2O. The summed E-state index contributed by atoms with van der Waals surface area (Å²) in [5, 5.41) is 7.06. The first-order valence-corrected chi connectivity index (χ1v) is 6.73. The first kappa shape index (κ1) is 15.3. The molecule has 0 spiro atoms. The monoisotopic (exact) mass is 288 g/mol. The molecule has 0 radical (unpaired) electrons. The molecule has 0 fully saturated rings. The van der Waals surface area contributed by atoms with Crippen molar-refractivity contribution in [3.05, 3.63) is 28.2 Å². The Bertz CT molecular complexity index is 408. The molecule has 0 bridgehead atoms. The summed E-state index contributed by atoms with van der Waals surface area (Å²) in [4.78, 5) is 11.7. The molecule has 1 amide bonds. The van der Waals surface area contributed by atoms with Crippen molar-refractivity contribution in [2.45, 2.75) is 32.7 Å². The van der Waals surface area contributed by atoms with E-state index in [1.165, 1.54) is 0 Å². The topological polar surface area (TPSA) is 41.1 Å².